The van der Waals surface area contributed by atoms with Crippen molar-refractivity contribution in [1.82, 2.24) is 32.7 Å². The first-order valence-electron chi connectivity index (χ1n) is 13.0. The van der Waals surface area contributed by atoms with E-state index in [4.69, 9.17) is 22.8 Å². The van der Waals surface area contributed by atoms with Gasteiger partial charge in [0.05, 0.1) is 5.54 Å². The van der Waals surface area contributed by atoms with Crippen LogP contribution in [0.25, 0.3) is 0 Å². The summed E-state index contributed by atoms with van der Waals surface area (Å²) in [6.07, 6.45) is 0. The van der Waals surface area contributed by atoms with E-state index in [2.05, 4.69) is 179 Å². The Morgan fingerprint density at radius 3 is 0.923 bits per heavy atom. The molecule has 0 spiro atoms. The quantitative estimate of drug-likeness (QED) is 0.217. The smallest absolute Gasteiger partial charge is 0.276 e. The van der Waals surface area contributed by atoms with Gasteiger partial charge in [-0.3, -0.25) is 23.4 Å². The molecule has 0 aliphatic carbocycles. The maximum atomic E-state index is 5.85. The molecule has 0 saturated heterocycles. The van der Waals surface area contributed by atoms with E-state index in [0.717, 1.165) is 0 Å². The van der Waals surface area contributed by atoms with Crippen LogP contribution in [0.5, 0.6) is 0 Å². The average molecular weight is 651 g/mol. The number of hydrogen-bond donors (Lipinski definition) is 0. The summed E-state index contributed by atoms with van der Waals surface area (Å²) >= 11 is 0. The molecule has 0 fully saturated rings. The van der Waals surface area contributed by atoms with Gasteiger partial charge in [0.1, 0.15) is 0 Å². The van der Waals surface area contributed by atoms with Crippen LogP contribution in [0.15, 0.2) is 22.8 Å². The van der Waals surface area contributed by atoms with Crippen molar-refractivity contribution in [3.05, 3.63) is 0 Å². The molecule has 12 nitrogen and oxygen atoms in total. The average Bonchev–Trinajstić information content (AvgIpc) is 2.67. The minimum atomic E-state index is -3.02. The van der Waals surface area contributed by atoms with Crippen molar-refractivity contribution in [2.75, 3.05) is 125 Å². The fraction of sp³-hybridized carbons (Fsp3) is 1.00. The Morgan fingerprint density at radius 2 is 0.718 bits per heavy atom. The predicted octanol–water partition coefficient (Wildman–Crippen LogP) is 7.31. The van der Waals surface area contributed by atoms with Crippen LogP contribution in [0.2, 0.25) is 0 Å². The predicted molar refractivity (Wildman–Crippen MR) is 186 cm³/mol. The molecule has 0 aromatic heterocycles. The number of rotatable bonds is 11. The molecule has 0 bridgehead atoms. The lowest BCUT2D eigenvalue weighted by Gasteiger charge is -2.45. The zero-order chi connectivity index (χ0) is 31.6. The lowest BCUT2D eigenvalue weighted by Crippen LogP contribution is -2.32. The molecule has 0 aromatic carbocycles. The van der Waals surface area contributed by atoms with E-state index in [1.807, 2.05) is 0 Å². The Balaban J connectivity index is 9.15. The van der Waals surface area contributed by atoms with Crippen LogP contribution in [-0.4, -0.2) is 164 Å². The van der Waals surface area contributed by atoms with Crippen molar-refractivity contribution < 1.29 is 0 Å². The third kappa shape index (κ3) is 9.95. The zero-order valence-electron chi connectivity index (χ0n) is 29.1. The fourth-order valence-electron chi connectivity index (χ4n) is 3.59. The topological polar surface area (TPSA) is 84.5 Å². The molecular formula is C22H63N12P5. The Morgan fingerprint density at radius 1 is 0.410 bits per heavy atom. The van der Waals surface area contributed by atoms with Crippen LogP contribution in [0.1, 0.15) is 20.8 Å². The Bertz CT molecular complexity index is 1020. The van der Waals surface area contributed by atoms with E-state index in [9.17, 15) is 0 Å². The number of nitrogens with zero attached hydrogens (tertiary/aromatic N) is 12. The molecular weight excluding hydrogens is 587 g/mol. The SMILES string of the molecule is CN(C)P(C)(C)=NP(=NC(C)(C)C)(N=P(C)(C)N(C)C)N=P(N=P(N(C)C)(N(C)C)N(C)C)(N(C)C)N(C)C. The monoisotopic (exact) mass is 650 g/mol. The summed E-state index contributed by atoms with van der Waals surface area (Å²) < 4.78 is 44.0. The molecule has 17 heteroatoms. The van der Waals surface area contributed by atoms with E-state index in [-0.39, 0.29) is 0 Å². The molecule has 0 rings (SSSR count). The van der Waals surface area contributed by atoms with Gasteiger partial charge in [0, 0.05) is 14.4 Å². The first-order valence-corrected chi connectivity index (χ1v) is 23.0. The van der Waals surface area contributed by atoms with Gasteiger partial charge in [-0.25, -0.2) is 23.1 Å². The van der Waals surface area contributed by atoms with Crippen molar-refractivity contribution in [1.29, 1.82) is 0 Å². The van der Waals surface area contributed by atoms with Gasteiger partial charge in [-0.05, 0) is 146 Å². The third-order valence-corrected chi connectivity index (χ3v) is 25.6. The van der Waals surface area contributed by atoms with Crippen LogP contribution >= 0.6 is 36.9 Å². The third-order valence-electron chi connectivity index (χ3n) is 6.23. The second-order valence-electron chi connectivity index (χ2n) is 12.8. The summed E-state index contributed by atoms with van der Waals surface area (Å²) in [6, 6.07) is 0. The van der Waals surface area contributed by atoms with Gasteiger partial charge in [-0.1, -0.05) is 0 Å². The van der Waals surface area contributed by atoms with Crippen LogP contribution in [0, 0.1) is 0 Å². The summed E-state index contributed by atoms with van der Waals surface area (Å²) in [6.45, 7) is 15.3. The van der Waals surface area contributed by atoms with Crippen LogP contribution in [0.4, 0.5) is 0 Å². The molecule has 0 aromatic rings. The molecule has 39 heavy (non-hydrogen) atoms. The van der Waals surface area contributed by atoms with Crippen LogP contribution in [-0.2, 0) is 0 Å². The highest BCUT2D eigenvalue weighted by Crippen LogP contribution is 2.78. The highest BCUT2D eigenvalue weighted by molar-refractivity contribution is 7.82. The van der Waals surface area contributed by atoms with Crippen molar-refractivity contribution >= 4 is 36.9 Å². The van der Waals surface area contributed by atoms with Gasteiger partial charge < -0.3 is 0 Å². The molecule has 0 atom stereocenters. The summed E-state index contributed by atoms with van der Waals surface area (Å²) in [5.74, 6) is 0. The first-order chi connectivity index (χ1) is 17.1. The normalized spacial score (nSPS) is 14.9. The van der Waals surface area contributed by atoms with Crippen molar-refractivity contribution in [3.8, 4) is 0 Å². The van der Waals surface area contributed by atoms with Crippen molar-refractivity contribution in [2.45, 2.75) is 26.3 Å². The minimum Gasteiger partial charge on any atom is -0.276 e. The van der Waals surface area contributed by atoms with Gasteiger partial charge in [-0.2, -0.15) is 9.03 Å². The van der Waals surface area contributed by atoms with Crippen LogP contribution in [0.3, 0.4) is 0 Å². The lowest BCUT2D eigenvalue weighted by atomic mass is 10.1. The standard InChI is InChI=1S/C22H63N12P5/c1-22(2,3)23-37(24-35(18,19)28(4)5,25-36(20,21)29(6)7)26-38(30(8)9,31(10)11)27-39(32(12)13,33(14)15)34(16)17/h1-21H3. The fourth-order valence-corrected chi connectivity index (χ4v) is 22.6. The Hall–Kier alpha value is 0.870. The maximum Gasteiger partial charge on any atom is 0.302 e. The second kappa shape index (κ2) is 14.1. The van der Waals surface area contributed by atoms with E-state index < -0.39 is 42.5 Å². The largest absolute Gasteiger partial charge is 0.302 e. The van der Waals surface area contributed by atoms with Gasteiger partial charge in [-0.15, -0.1) is 0 Å². The lowest BCUT2D eigenvalue weighted by molar-refractivity contribution is 0.472. The highest BCUT2D eigenvalue weighted by Gasteiger charge is 2.39. The van der Waals surface area contributed by atoms with Crippen molar-refractivity contribution in [3.63, 3.8) is 0 Å². The van der Waals surface area contributed by atoms with E-state index >= 15 is 0 Å². The van der Waals surface area contributed by atoms with E-state index in [0.29, 0.717) is 0 Å². The van der Waals surface area contributed by atoms with Crippen molar-refractivity contribution in [2.24, 2.45) is 22.8 Å². The summed E-state index contributed by atoms with van der Waals surface area (Å²) in [7, 11) is 17.4. The molecule has 0 unspecified atom stereocenters. The maximum absolute atomic E-state index is 5.85. The van der Waals surface area contributed by atoms with Gasteiger partial charge in [0.2, 0.25) is 7.51 Å². The Labute approximate surface area is 243 Å². The van der Waals surface area contributed by atoms with Gasteiger partial charge in [0.25, 0.3) is 0 Å². The van der Waals surface area contributed by atoms with Crippen LogP contribution < -0.4 is 0 Å². The summed E-state index contributed by atoms with van der Waals surface area (Å²) in [4.78, 5) is 0. The summed E-state index contributed by atoms with van der Waals surface area (Å²) in [5.41, 5.74) is -0.395. The second-order valence-corrected chi connectivity index (χ2v) is 30.1. The molecule has 0 amide bonds. The minimum absolute atomic E-state index is 0.395. The highest BCUT2D eigenvalue weighted by atomic mass is 31.3. The molecule has 0 aliphatic rings. The van der Waals surface area contributed by atoms with Gasteiger partial charge in [0.15, 0.2) is 7.51 Å². The molecule has 0 radical (unpaired) electrons. The summed E-state index contributed by atoms with van der Waals surface area (Å²) in [5, 5.41) is 0. The zero-order valence-corrected chi connectivity index (χ0v) is 33.6. The van der Waals surface area contributed by atoms with Gasteiger partial charge >= 0.3 is 7.51 Å². The molecule has 0 N–H and O–H groups in total. The van der Waals surface area contributed by atoms with E-state index in [1.165, 1.54) is 0 Å². The first kappa shape index (κ1) is 39.9. The molecule has 0 heterocycles. The van der Waals surface area contributed by atoms with E-state index in [1.54, 1.807) is 0 Å². The molecule has 236 valence electrons. The number of hydrogen-bond acceptors (Lipinski definition) is 1. The Kier molecular flexibility index (Phi) is 14.4. The molecule has 0 aliphatic heterocycles. The molecule has 0 saturated carbocycles.